The lowest BCUT2D eigenvalue weighted by Gasteiger charge is -2.14. The predicted molar refractivity (Wildman–Crippen MR) is 103 cm³/mol. The van der Waals surface area contributed by atoms with Gasteiger partial charge in [-0.05, 0) is 25.1 Å². The first-order valence-electron chi connectivity index (χ1n) is 8.14. The number of nitrogens with zero attached hydrogens (tertiary/aromatic N) is 3. The quantitative estimate of drug-likeness (QED) is 0.669. The first-order valence-corrected chi connectivity index (χ1v) is 8.14. The molecule has 7 nitrogen and oxygen atoms in total. The summed E-state index contributed by atoms with van der Waals surface area (Å²) in [6.07, 6.45) is 1.53. The molecule has 28 heavy (non-hydrogen) atoms. The Morgan fingerprint density at radius 2 is 2.00 bits per heavy atom. The van der Waals surface area contributed by atoms with E-state index < -0.39 is 17.2 Å². The third kappa shape index (κ3) is 4.55. The first-order chi connectivity index (χ1) is 12.9. The van der Waals surface area contributed by atoms with Gasteiger partial charge < -0.3 is 14.8 Å². The Morgan fingerprint density at radius 1 is 1.25 bits per heavy atom. The van der Waals surface area contributed by atoms with Gasteiger partial charge in [0.1, 0.15) is 11.5 Å². The van der Waals surface area contributed by atoms with Crippen LogP contribution in [0.4, 0.5) is 14.7 Å². The van der Waals surface area contributed by atoms with Crippen molar-refractivity contribution in [3.05, 3.63) is 52.5 Å². The predicted octanol–water partition coefficient (Wildman–Crippen LogP) is 3.27. The first kappa shape index (κ1) is 21.5. The molecule has 10 heteroatoms. The lowest BCUT2D eigenvalue weighted by molar-refractivity contribution is 0.190. The van der Waals surface area contributed by atoms with Gasteiger partial charge in [-0.15, -0.1) is 12.4 Å². The number of nitrogens with one attached hydrogen (secondary N) is 1. The molecule has 0 aliphatic carbocycles. The Hall–Kier alpha value is -2.78. The van der Waals surface area contributed by atoms with E-state index in [2.05, 4.69) is 15.3 Å². The summed E-state index contributed by atoms with van der Waals surface area (Å²) in [5, 5.41) is 3.60. The van der Waals surface area contributed by atoms with Gasteiger partial charge >= 0.3 is 0 Å². The second kappa shape index (κ2) is 8.94. The van der Waals surface area contributed by atoms with E-state index in [9.17, 15) is 13.6 Å². The summed E-state index contributed by atoms with van der Waals surface area (Å²) in [5.41, 5.74) is -0.130. The topological polar surface area (TPSA) is 78.3 Å². The number of ether oxygens (including phenoxy) is 2. The van der Waals surface area contributed by atoms with Gasteiger partial charge in [0.25, 0.3) is 5.56 Å². The van der Waals surface area contributed by atoms with Crippen LogP contribution in [-0.4, -0.2) is 34.3 Å². The Labute approximate surface area is 165 Å². The van der Waals surface area contributed by atoms with Crippen molar-refractivity contribution >= 4 is 29.4 Å². The highest BCUT2D eigenvalue weighted by Crippen LogP contribution is 2.24. The van der Waals surface area contributed by atoms with E-state index in [0.717, 1.165) is 12.1 Å². The van der Waals surface area contributed by atoms with Crippen LogP contribution >= 0.6 is 12.4 Å². The van der Waals surface area contributed by atoms with Crippen LogP contribution in [0.2, 0.25) is 0 Å². The molecule has 3 rings (SSSR count). The minimum Gasteiger partial charge on any atom is -0.448 e. The SMILES string of the molecule is COCC(C)Nc1ncc2cc(Oc3ccc(F)cc3F)c(=O)n(C)c2n1.Cl. The molecule has 0 radical (unpaired) electrons. The van der Waals surface area contributed by atoms with Gasteiger partial charge in [0.05, 0.1) is 6.61 Å². The number of halogens is 3. The molecule has 0 saturated heterocycles. The Balaban J connectivity index is 0.00000280. The minimum atomic E-state index is -0.903. The van der Waals surface area contributed by atoms with Gasteiger partial charge in [0, 0.05) is 37.8 Å². The van der Waals surface area contributed by atoms with Gasteiger partial charge in [0.15, 0.2) is 17.3 Å². The standard InChI is InChI=1S/C18H18F2N4O3.ClH/c1-10(9-26-3)22-18-21-8-11-6-15(17(25)24(2)16(11)23-18)27-14-5-4-12(19)7-13(14)20;/h4-8,10H,9H2,1-3H3,(H,21,22,23);1H. The highest BCUT2D eigenvalue weighted by Gasteiger charge is 2.14. The van der Waals surface area contributed by atoms with Crippen LogP contribution in [0.3, 0.4) is 0 Å². The number of fused-ring (bicyclic) bond motifs is 1. The molecular weight excluding hydrogens is 394 g/mol. The van der Waals surface area contributed by atoms with Crippen LogP contribution < -0.4 is 15.6 Å². The van der Waals surface area contributed by atoms with Crippen molar-refractivity contribution in [1.82, 2.24) is 14.5 Å². The van der Waals surface area contributed by atoms with E-state index in [4.69, 9.17) is 9.47 Å². The van der Waals surface area contributed by atoms with Crippen LogP contribution in [0.25, 0.3) is 11.0 Å². The molecule has 2 heterocycles. The average Bonchev–Trinajstić information content (AvgIpc) is 2.62. The van der Waals surface area contributed by atoms with Crippen LogP contribution in [-0.2, 0) is 11.8 Å². The third-order valence-corrected chi connectivity index (χ3v) is 3.82. The van der Waals surface area contributed by atoms with Gasteiger partial charge in [0.2, 0.25) is 5.95 Å². The lowest BCUT2D eigenvalue weighted by atomic mass is 10.3. The highest BCUT2D eigenvalue weighted by molar-refractivity contribution is 5.85. The normalized spacial score (nSPS) is 11.8. The molecule has 0 saturated carbocycles. The highest BCUT2D eigenvalue weighted by atomic mass is 35.5. The molecule has 0 fully saturated rings. The molecular formula is C18H19ClF2N4O3. The molecule has 2 aromatic heterocycles. The zero-order valence-electron chi connectivity index (χ0n) is 15.4. The van der Waals surface area contributed by atoms with Gasteiger partial charge in [-0.25, -0.2) is 13.8 Å². The van der Waals surface area contributed by atoms with Gasteiger partial charge in [-0.2, -0.15) is 4.98 Å². The van der Waals surface area contributed by atoms with Gasteiger partial charge in [-0.3, -0.25) is 9.36 Å². The van der Waals surface area contributed by atoms with Crippen molar-refractivity contribution in [1.29, 1.82) is 0 Å². The second-order valence-corrected chi connectivity index (χ2v) is 6.02. The van der Waals surface area contributed by atoms with Crippen LogP contribution in [0.1, 0.15) is 6.92 Å². The molecule has 0 amide bonds. The van der Waals surface area contributed by atoms with E-state index in [1.165, 1.54) is 23.9 Å². The number of hydrogen-bond acceptors (Lipinski definition) is 6. The monoisotopic (exact) mass is 412 g/mol. The molecule has 0 aliphatic rings. The molecule has 0 aliphatic heterocycles. The maximum atomic E-state index is 13.8. The number of benzene rings is 1. The molecule has 0 spiro atoms. The average molecular weight is 413 g/mol. The van der Waals surface area contributed by atoms with Crippen LogP contribution in [0, 0.1) is 11.6 Å². The summed E-state index contributed by atoms with van der Waals surface area (Å²) in [6.45, 7) is 2.38. The van der Waals surface area contributed by atoms with E-state index in [1.54, 1.807) is 7.11 Å². The summed E-state index contributed by atoms with van der Waals surface area (Å²) in [4.78, 5) is 21.1. The van der Waals surface area contributed by atoms with E-state index in [-0.39, 0.29) is 29.9 Å². The Morgan fingerprint density at radius 3 is 2.68 bits per heavy atom. The molecule has 150 valence electrons. The summed E-state index contributed by atoms with van der Waals surface area (Å²) in [5.74, 6) is -1.66. The van der Waals surface area contributed by atoms with Crippen molar-refractivity contribution in [3.8, 4) is 11.5 Å². The molecule has 1 atom stereocenters. The van der Waals surface area contributed by atoms with Crippen molar-refractivity contribution < 1.29 is 18.3 Å². The van der Waals surface area contributed by atoms with Crippen molar-refractivity contribution in [2.75, 3.05) is 19.0 Å². The Kier molecular flexibility index (Phi) is 6.87. The maximum Gasteiger partial charge on any atom is 0.294 e. The third-order valence-electron chi connectivity index (χ3n) is 3.82. The zero-order chi connectivity index (χ0) is 19.6. The van der Waals surface area contributed by atoms with Crippen molar-refractivity contribution in [2.45, 2.75) is 13.0 Å². The number of anilines is 1. The number of methoxy groups -OCH3 is 1. The summed E-state index contributed by atoms with van der Waals surface area (Å²) in [7, 11) is 3.11. The number of aryl methyl sites for hydroxylation is 1. The largest absolute Gasteiger partial charge is 0.448 e. The fraction of sp³-hybridized carbons (Fsp3) is 0.278. The number of hydrogen-bond donors (Lipinski definition) is 1. The molecule has 1 N–H and O–H groups in total. The van der Waals surface area contributed by atoms with E-state index in [1.807, 2.05) is 6.92 Å². The Bertz CT molecular complexity index is 1050. The molecule has 1 aromatic carbocycles. The fourth-order valence-corrected chi connectivity index (χ4v) is 2.55. The summed E-state index contributed by atoms with van der Waals surface area (Å²) >= 11 is 0. The summed E-state index contributed by atoms with van der Waals surface area (Å²) in [6, 6.07) is 4.25. The zero-order valence-corrected chi connectivity index (χ0v) is 16.2. The second-order valence-electron chi connectivity index (χ2n) is 6.02. The maximum absolute atomic E-state index is 13.8. The smallest absolute Gasteiger partial charge is 0.294 e. The van der Waals surface area contributed by atoms with Gasteiger partial charge in [-0.1, -0.05) is 0 Å². The van der Waals surface area contributed by atoms with Crippen molar-refractivity contribution in [2.24, 2.45) is 7.05 Å². The molecule has 0 bridgehead atoms. The van der Waals surface area contributed by atoms with Crippen LogP contribution in [0.15, 0.2) is 35.3 Å². The van der Waals surface area contributed by atoms with Crippen LogP contribution in [0.5, 0.6) is 11.5 Å². The van der Waals surface area contributed by atoms with E-state index in [0.29, 0.717) is 29.7 Å². The lowest BCUT2D eigenvalue weighted by Crippen LogP contribution is -2.23. The number of aromatic nitrogens is 3. The summed E-state index contributed by atoms with van der Waals surface area (Å²) < 4.78 is 38.5. The molecule has 1 unspecified atom stereocenters. The van der Waals surface area contributed by atoms with E-state index >= 15 is 0 Å². The van der Waals surface area contributed by atoms with Crippen molar-refractivity contribution in [3.63, 3.8) is 0 Å². The molecule has 3 aromatic rings. The number of rotatable bonds is 6. The number of pyridine rings is 1. The fourth-order valence-electron chi connectivity index (χ4n) is 2.55. The minimum absolute atomic E-state index is 0.